The van der Waals surface area contributed by atoms with E-state index in [0.717, 1.165) is 5.56 Å². The molecule has 0 amide bonds. The minimum absolute atomic E-state index is 0.234. The van der Waals surface area contributed by atoms with Crippen molar-refractivity contribution in [3.63, 3.8) is 0 Å². The average molecular weight is 353 g/mol. The molecule has 0 saturated carbocycles. The maximum absolute atomic E-state index is 13.0. The Bertz CT molecular complexity index is 880. The molecule has 0 aromatic heterocycles. The molecule has 25 heavy (non-hydrogen) atoms. The van der Waals surface area contributed by atoms with Crippen molar-refractivity contribution in [2.45, 2.75) is 19.8 Å². The van der Waals surface area contributed by atoms with Crippen LogP contribution in [-0.4, -0.2) is 17.3 Å². The molecule has 2 aromatic carbocycles. The molecule has 0 bridgehead atoms. The molecule has 0 fully saturated rings. The second-order valence-electron chi connectivity index (χ2n) is 6.22. The van der Waals surface area contributed by atoms with Gasteiger partial charge >= 0.3 is 0 Å². The molecule has 0 spiro atoms. The number of ketones is 3. The number of rotatable bonds is 4. The number of Topliss-reactive ketones (excluding diaryl/α,β-unsaturated/α-hetero) is 2. The first-order chi connectivity index (χ1) is 11.9. The van der Waals surface area contributed by atoms with E-state index in [0.29, 0.717) is 29.0 Å². The molecule has 1 atom stereocenters. The first kappa shape index (κ1) is 17.3. The Morgan fingerprint density at radius 2 is 1.76 bits per heavy atom. The highest BCUT2D eigenvalue weighted by atomic mass is 35.5. The zero-order chi connectivity index (χ0) is 18.0. The predicted molar refractivity (Wildman–Crippen MR) is 97.1 cm³/mol. The third kappa shape index (κ3) is 3.20. The van der Waals surface area contributed by atoms with Gasteiger partial charge in [-0.05, 0) is 55.7 Å². The number of allylic oxidation sites excluding steroid dienone is 2. The van der Waals surface area contributed by atoms with Crippen LogP contribution in [0.1, 0.15) is 39.6 Å². The van der Waals surface area contributed by atoms with E-state index < -0.39 is 5.41 Å². The van der Waals surface area contributed by atoms with Gasteiger partial charge < -0.3 is 0 Å². The van der Waals surface area contributed by atoms with E-state index in [-0.39, 0.29) is 17.3 Å². The standard InChI is InChI=1S/C21H17ClO3/c1-14(23)21(12-10-15-4-2-3-5-18(15)20(21)25)13-11-19(24)16-6-8-17(22)9-7-16/h2-9,11,13H,10,12H2,1H3/b13-11+/t21-/m0/s1. The lowest BCUT2D eigenvalue weighted by Crippen LogP contribution is -2.40. The number of fused-ring (bicyclic) bond motifs is 1. The normalized spacial score (nSPS) is 19.7. The quantitative estimate of drug-likeness (QED) is 0.463. The van der Waals surface area contributed by atoms with Gasteiger partial charge in [0.05, 0.1) is 0 Å². The Morgan fingerprint density at radius 1 is 1.08 bits per heavy atom. The lowest BCUT2D eigenvalue weighted by atomic mass is 9.68. The van der Waals surface area contributed by atoms with Crippen LogP contribution >= 0.6 is 11.6 Å². The summed E-state index contributed by atoms with van der Waals surface area (Å²) in [6.45, 7) is 1.41. The first-order valence-corrected chi connectivity index (χ1v) is 8.45. The van der Waals surface area contributed by atoms with E-state index in [4.69, 9.17) is 11.6 Å². The molecule has 0 radical (unpaired) electrons. The second kappa shape index (κ2) is 6.77. The third-order valence-corrected chi connectivity index (χ3v) is 4.98. The highest BCUT2D eigenvalue weighted by molar-refractivity contribution is 6.30. The molecular formula is C21H17ClO3. The van der Waals surface area contributed by atoms with Crippen LogP contribution in [0.4, 0.5) is 0 Å². The molecule has 0 unspecified atom stereocenters. The van der Waals surface area contributed by atoms with Crippen LogP contribution in [0.2, 0.25) is 5.02 Å². The Labute approximate surface area is 151 Å². The molecule has 3 rings (SSSR count). The van der Waals surface area contributed by atoms with Gasteiger partial charge in [0.25, 0.3) is 0 Å². The van der Waals surface area contributed by atoms with E-state index in [1.165, 1.54) is 19.1 Å². The summed E-state index contributed by atoms with van der Waals surface area (Å²) in [6.07, 6.45) is 3.81. The molecule has 3 nitrogen and oxygen atoms in total. The van der Waals surface area contributed by atoms with E-state index >= 15 is 0 Å². The van der Waals surface area contributed by atoms with E-state index in [1.54, 1.807) is 36.4 Å². The summed E-state index contributed by atoms with van der Waals surface area (Å²) in [4.78, 5) is 37.7. The van der Waals surface area contributed by atoms with Crippen LogP contribution in [0, 0.1) is 5.41 Å². The highest BCUT2D eigenvalue weighted by Crippen LogP contribution is 2.37. The zero-order valence-electron chi connectivity index (χ0n) is 13.8. The third-order valence-electron chi connectivity index (χ3n) is 4.73. The monoisotopic (exact) mass is 352 g/mol. The number of halogens is 1. The molecule has 4 heteroatoms. The van der Waals surface area contributed by atoms with Crippen LogP contribution in [0.5, 0.6) is 0 Å². The van der Waals surface area contributed by atoms with Crippen molar-refractivity contribution in [1.29, 1.82) is 0 Å². The van der Waals surface area contributed by atoms with Gasteiger partial charge in [-0.2, -0.15) is 0 Å². The summed E-state index contributed by atoms with van der Waals surface area (Å²) in [7, 11) is 0. The van der Waals surface area contributed by atoms with Gasteiger partial charge in [-0.25, -0.2) is 0 Å². The fraction of sp³-hybridized carbons (Fsp3) is 0.190. The summed E-state index contributed by atoms with van der Waals surface area (Å²) in [5.74, 6) is -0.738. The van der Waals surface area contributed by atoms with Gasteiger partial charge in [-0.15, -0.1) is 0 Å². The van der Waals surface area contributed by atoms with E-state index in [2.05, 4.69) is 0 Å². The minimum Gasteiger partial charge on any atom is -0.299 e. The second-order valence-corrected chi connectivity index (χ2v) is 6.65. The van der Waals surface area contributed by atoms with Crippen LogP contribution in [0.25, 0.3) is 0 Å². The molecule has 126 valence electrons. The molecule has 1 aliphatic rings. The molecule has 2 aromatic rings. The van der Waals surface area contributed by atoms with Gasteiger partial charge in [0.1, 0.15) is 11.2 Å². The Balaban J connectivity index is 1.94. The van der Waals surface area contributed by atoms with Crippen LogP contribution in [-0.2, 0) is 11.2 Å². The minimum atomic E-state index is -1.27. The number of carbonyl (C=O) groups excluding carboxylic acids is 3. The number of aryl methyl sites for hydroxylation is 1. The van der Waals surface area contributed by atoms with Gasteiger partial charge in [0.2, 0.25) is 0 Å². The van der Waals surface area contributed by atoms with Crippen molar-refractivity contribution < 1.29 is 14.4 Å². The van der Waals surface area contributed by atoms with Gasteiger partial charge in [0, 0.05) is 16.1 Å². The number of benzene rings is 2. The van der Waals surface area contributed by atoms with Crippen molar-refractivity contribution >= 4 is 29.0 Å². The molecular weight excluding hydrogens is 336 g/mol. The number of carbonyl (C=O) groups is 3. The first-order valence-electron chi connectivity index (χ1n) is 8.07. The zero-order valence-corrected chi connectivity index (χ0v) is 14.5. The van der Waals surface area contributed by atoms with Gasteiger partial charge in [-0.3, -0.25) is 14.4 Å². The van der Waals surface area contributed by atoms with Crippen molar-refractivity contribution in [3.05, 3.63) is 82.4 Å². The van der Waals surface area contributed by atoms with Crippen molar-refractivity contribution in [2.75, 3.05) is 0 Å². The molecule has 0 N–H and O–H groups in total. The number of hydrogen-bond donors (Lipinski definition) is 0. The highest BCUT2D eigenvalue weighted by Gasteiger charge is 2.44. The topological polar surface area (TPSA) is 51.2 Å². The van der Waals surface area contributed by atoms with Gasteiger partial charge in [0.15, 0.2) is 11.6 Å². The maximum atomic E-state index is 13.0. The van der Waals surface area contributed by atoms with E-state index in [9.17, 15) is 14.4 Å². The van der Waals surface area contributed by atoms with Crippen LogP contribution < -0.4 is 0 Å². The lowest BCUT2D eigenvalue weighted by molar-refractivity contribution is -0.122. The summed E-state index contributed by atoms with van der Waals surface area (Å²) >= 11 is 5.83. The smallest absolute Gasteiger partial charge is 0.185 e. The van der Waals surface area contributed by atoms with E-state index in [1.807, 2.05) is 12.1 Å². The predicted octanol–water partition coefficient (Wildman–Crippen LogP) is 4.48. The number of hydrogen-bond acceptors (Lipinski definition) is 3. The largest absolute Gasteiger partial charge is 0.299 e. The maximum Gasteiger partial charge on any atom is 0.185 e. The fourth-order valence-electron chi connectivity index (χ4n) is 3.19. The summed E-state index contributed by atoms with van der Waals surface area (Å²) in [5.41, 5.74) is 0.702. The van der Waals surface area contributed by atoms with Gasteiger partial charge in [-0.1, -0.05) is 41.9 Å². The average Bonchev–Trinajstić information content (AvgIpc) is 2.62. The molecule has 0 heterocycles. The summed E-state index contributed by atoms with van der Waals surface area (Å²) in [5, 5.41) is 0.541. The SMILES string of the molecule is CC(=O)[C@@]1(/C=C/C(=O)c2ccc(Cl)cc2)CCc2ccccc2C1=O. The molecule has 0 aliphatic heterocycles. The molecule has 0 saturated heterocycles. The lowest BCUT2D eigenvalue weighted by Gasteiger charge is -2.31. The Morgan fingerprint density at radius 3 is 2.44 bits per heavy atom. The van der Waals surface area contributed by atoms with Crippen molar-refractivity contribution in [2.24, 2.45) is 5.41 Å². The Hall–Kier alpha value is -2.52. The summed E-state index contributed by atoms with van der Waals surface area (Å²) < 4.78 is 0. The fourth-order valence-corrected chi connectivity index (χ4v) is 3.31. The van der Waals surface area contributed by atoms with Crippen molar-refractivity contribution in [1.82, 2.24) is 0 Å². The van der Waals surface area contributed by atoms with Crippen LogP contribution in [0.3, 0.4) is 0 Å². The Kier molecular flexibility index (Phi) is 4.69. The van der Waals surface area contributed by atoms with Crippen molar-refractivity contribution in [3.8, 4) is 0 Å². The summed E-state index contributed by atoms with van der Waals surface area (Å²) in [6, 6.07) is 13.8. The van der Waals surface area contributed by atoms with Crippen LogP contribution in [0.15, 0.2) is 60.7 Å². The molecule has 1 aliphatic carbocycles.